The van der Waals surface area contributed by atoms with Gasteiger partial charge in [-0.15, -0.1) is 29.3 Å². The van der Waals surface area contributed by atoms with Crippen LogP contribution in [0, 0.1) is 13.0 Å². The Bertz CT molecular complexity index is 1690. The number of hydrogen-bond donors (Lipinski definition) is 0. The minimum atomic E-state index is 1.01. The molecule has 6 rings (SSSR count). The summed E-state index contributed by atoms with van der Waals surface area (Å²) in [7, 11) is 4.09. The van der Waals surface area contributed by atoms with E-state index < -0.39 is 0 Å². The molecule has 49 heavy (non-hydrogen) atoms. The molecule has 0 aliphatic rings. The molecule has 0 spiro atoms. The molecule has 0 aliphatic carbocycles. The van der Waals surface area contributed by atoms with Gasteiger partial charge >= 0.3 is 27.9 Å². The van der Waals surface area contributed by atoms with Crippen molar-refractivity contribution in [2.75, 3.05) is 20.6 Å². The van der Waals surface area contributed by atoms with Crippen LogP contribution in [-0.4, -0.2) is 25.5 Å². The quantitative estimate of drug-likeness (QED) is 0.0840. The summed E-state index contributed by atoms with van der Waals surface area (Å²) in [5.74, 6) is 0. The first-order valence-corrected chi connectivity index (χ1v) is 19.2. The van der Waals surface area contributed by atoms with E-state index in [1.54, 1.807) is 0 Å². The van der Waals surface area contributed by atoms with Crippen LogP contribution in [0.4, 0.5) is 0 Å². The van der Waals surface area contributed by atoms with Gasteiger partial charge in [0.1, 0.15) is 0 Å². The van der Waals surface area contributed by atoms with E-state index >= 15 is 0 Å². The summed E-state index contributed by atoms with van der Waals surface area (Å²) in [6, 6.07) is 62.4. The van der Waals surface area contributed by atoms with E-state index in [-0.39, 0.29) is 0 Å². The van der Waals surface area contributed by atoms with Gasteiger partial charge in [0, 0.05) is 10.1 Å². The Morgan fingerprint density at radius 2 is 0.816 bits per heavy atom. The molecule has 0 N–H and O–H groups in total. The van der Waals surface area contributed by atoms with Crippen molar-refractivity contribution in [3.63, 3.8) is 0 Å². The van der Waals surface area contributed by atoms with Crippen molar-refractivity contribution in [2.45, 2.75) is 6.42 Å². The van der Waals surface area contributed by atoms with Crippen LogP contribution >= 0.6 is 30.2 Å². The van der Waals surface area contributed by atoms with E-state index in [2.05, 4.69) is 195 Å². The third-order valence-corrected chi connectivity index (χ3v) is 8.00. The van der Waals surface area contributed by atoms with Gasteiger partial charge in [-0.1, -0.05) is 181 Å². The fourth-order valence-electron chi connectivity index (χ4n) is 4.86. The minimum absolute atomic E-state index is 1.01. The molecule has 4 heteroatoms. The molecule has 0 radical (unpaired) electrons. The third kappa shape index (κ3) is 13.9. The van der Waals surface area contributed by atoms with Crippen molar-refractivity contribution >= 4 is 45.8 Å². The van der Waals surface area contributed by atoms with Crippen LogP contribution in [0.1, 0.15) is 39.8 Å². The van der Waals surface area contributed by atoms with Crippen LogP contribution < -0.4 is 0 Å². The fourth-order valence-corrected chi connectivity index (χ4v) is 5.58. The second-order valence-corrected chi connectivity index (χ2v) is 11.8. The fraction of sp³-hybridized carbons (Fsp3) is 0.0889. The van der Waals surface area contributed by atoms with Crippen molar-refractivity contribution in [3.8, 4) is 0 Å². The molecule has 0 unspecified atom stereocenters. The van der Waals surface area contributed by atoms with Gasteiger partial charge in [-0.3, -0.25) is 0 Å². The summed E-state index contributed by atoms with van der Waals surface area (Å²) in [6.45, 7) is 4.78. The van der Waals surface area contributed by atoms with E-state index in [1.807, 2.05) is 62.6 Å². The summed E-state index contributed by atoms with van der Waals surface area (Å²) in [5, 5.41) is 0. The topological polar surface area (TPSA) is 3.24 Å². The molecule has 0 atom stereocenters. The molecule has 253 valence electrons. The maximum absolute atomic E-state index is 3.81. The summed E-state index contributed by atoms with van der Waals surface area (Å²) in [6.07, 6.45) is 4.54. The number of hydrogen-bond acceptors (Lipinski definition) is 1. The average molecular weight is 815 g/mol. The first-order chi connectivity index (χ1) is 24.1. The van der Waals surface area contributed by atoms with Gasteiger partial charge in [0.2, 0.25) is 0 Å². The van der Waals surface area contributed by atoms with Crippen LogP contribution in [0.3, 0.4) is 0 Å². The third-order valence-electron chi connectivity index (χ3n) is 7.15. The number of rotatable bonds is 8. The predicted molar refractivity (Wildman–Crippen MR) is 216 cm³/mol. The molecule has 0 fully saturated rings. The Labute approximate surface area is 317 Å². The van der Waals surface area contributed by atoms with Crippen LogP contribution in [-0.2, 0) is 13.7 Å². The van der Waals surface area contributed by atoms with Gasteiger partial charge in [0.05, 0.1) is 0 Å². The summed E-state index contributed by atoms with van der Waals surface area (Å²) in [5.41, 5.74) is 9.39. The van der Waals surface area contributed by atoms with Gasteiger partial charge in [-0.05, 0) is 53.3 Å². The van der Waals surface area contributed by atoms with Gasteiger partial charge in [-0.2, -0.15) is 6.42 Å². The molecule has 0 bridgehead atoms. The molecular weight excluding hydrogens is 773 g/mol. The first-order valence-electron chi connectivity index (χ1n) is 16.0. The van der Waals surface area contributed by atoms with Crippen LogP contribution in [0.5, 0.6) is 0 Å². The Hall–Kier alpha value is -3.79. The van der Waals surface area contributed by atoms with E-state index in [0.29, 0.717) is 0 Å². The SMILES string of the molecule is BrC(=C(c1ccccc1)c1ccccc1)c1ccccc1.[C-](=C(c1ccccc1)c1ccccc1)c1ccccc1.[CH2-]CCN(C)C.[Ni][Br]. The van der Waals surface area contributed by atoms with Crippen molar-refractivity contribution in [1.29, 1.82) is 0 Å². The number of benzene rings is 6. The number of nitrogens with zero attached hydrogens (tertiary/aromatic N) is 1. The standard InChI is InChI=1S/C20H15Br.C20H15.C5H12N.BrH.Ni/c21-20(18-14-8-3-9-15-18)19(16-10-4-1-5-11-16)17-12-6-2-7-13-17;1-4-10-17(11-5-1)16-20(18-12-6-2-7-13-18)19-14-8-3-9-15-19;1-4-5-6(2)3;;/h1-15H;1-15H;1,4-5H2,2-3H3;1H;/q;2*-1;;+1/p-1. The van der Waals surface area contributed by atoms with Gasteiger partial charge in [0.15, 0.2) is 0 Å². The molecular formula is C45H42Br2NNi-2. The molecule has 0 saturated carbocycles. The van der Waals surface area contributed by atoms with Gasteiger partial charge in [-0.25, -0.2) is 0 Å². The van der Waals surface area contributed by atoms with E-state index in [4.69, 9.17) is 0 Å². The molecule has 6 aromatic carbocycles. The average Bonchev–Trinajstić information content (AvgIpc) is 3.17. The zero-order valence-corrected chi connectivity index (χ0v) is 32.1. The first kappa shape index (κ1) is 39.7. The number of halogens is 2. The second kappa shape index (κ2) is 23.5. The molecule has 0 heterocycles. The Morgan fingerprint density at radius 1 is 0.510 bits per heavy atom. The van der Waals surface area contributed by atoms with Gasteiger partial charge in [0.25, 0.3) is 0 Å². The summed E-state index contributed by atoms with van der Waals surface area (Å²) >= 11 is 10.1. The Balaban J connectivity index is 0.000000219. The van der Waals surface area contributed by atoms with Crippen molar-refractivity contribution < 1.29 is 13.7 Å². The second-order valence-electron chi connectivity index (χ2n) is 11.0. The molecule has 0 aliphatic heterocycles. The van der Waals surface area contributed by atoms with Crippen LogP contribution in [0.25, 0.3) is 15.6 Å². The Morgan fingerprint density at radius 3 is 1.12 bits per heavy atom. The van der Waals surface area contributed by atoms with Crippen molar-refractivity contribution in [2.24, 2.45) is 0 Å². The summed E-state index contributed by atoms with van der Waals surface area (Å²) < 4.78 is 1.11. The van der Waals surface area contributed by atoms with Gasteiger partial charge < -0.3 is 11.8 Å². The van der Waals surface area contributed by atoms with Crippen LogP contribution in [0.15, 0.2) is 182 Å². The monoisotopic (exact) mass is 812 g/mol. The van der Waals surface area contributed by atoms with Crippen molar-refractivity contribution in [1.82, 2.24) is 4.90 Å². The van der Waals surface area contributed by atoms with E-state index in [9.17, 15) is 0 Å². The normalized spacial score (nSPS) is 9.80. The zero-order valence-electron chi connectivity index (χ0n) is 28.0. The maximum atomic E-state index is 3.81. The van der Waals surface area contributed by atoms with E-state index in [0.717, 1.165) is 28.6 Å². The summed E-state index contributed by atoms with van der Waals surface area (Å²) in [4.78, 5) is 2.12. The Kier molecular flexibility index (Phi) is 19.1. The predicted octanol–water partition coefficient (Wildman–Crippen LogP) is 12.6. The molecule has 6 aromatic rings. The van der Waals surface area contributed by atoms with E-state index in [1.165, 1.54) is 33.4 Å². The molecule has 1 nitrogen and oxygen atoms in total. The molecule has 0 aromatic heterocycles. The van der Waals surface area contributed by atoms with Crippen molar-refractivity contribution in [3.05, 3.63) is 228 Å². The molecule has 0 amide bonds. The zero-order chi connectivity index (χ0) is 35.1. The van der Waals surface area contributed by atoms with Crippen LogP contribution in [0.2, 0.25) is 0 Å². The molecule has 0 saturated heterocycles.